The van der Waals surface area contributed by atoms with E-state index in [2.05, 4.69) is 0 Å². The Morgan fingerprint density at radius 1 is 1.44 bits per heavy atom. The van der Waals surface area contributed by atoms with E-state index in [4.69, 9.17) is 15.0 Å². The highest BCUT2D eigenvalue weighted by Crippen LogP contribution is 2.24. The first-order chi connectivity index (χ1) is 7.49. The molecule has 0 radical (unpaired) electrons. The largest absolute Gasteiger partial charge is 0.491 e. The summed E-state index contributed by atoms with van der Waals surface area (Å²) in [7, 11) is -3.91. The van der Waals surface area contributed by atoms with E-state index in [-0.39, 0.29) is 27.4 Å². The summed E-state index contributed by atoms with van der Waals surface area (Å²) in [5.74, 6) is 0.263. The highest BCUT2D eigenvalue weighted by molar-refractivity contribution is 14.1. The highest BCUT2D eigenvalue weighted by Gasteiger charge is 2.15. The van der Waals surface area contributed by atoms with Gasteiger partial charge < -0.3 is 9.84 Å². The molecule has 1 rings (SSSR count). The van der Waals surface area contributed by atoms with Gasteiger partial charge in [0.25, 0.3) is 0 Å². The van der Waals surface area contributed by atoms with Gasteiger partial charge in [0, 0.05) is 6.07 Å². The average molecular weight is 359 g/mol. The summed E-state index contributed by atoms with van der Waals surface area (Å²) in [5, 5.41) is 13.5. The summed E-state index contributed by atoms with van der Waals surface area (Å²) in [5.41, 5.74) is 0. The summed E-state index contributed by atoms with van der Waals surface area (Å²) in [6.45, 7) is -0.128. The molecule has 90 valence electrons. The Balaban J connectivity index is 3.17. The number of nitrogens with two attached hydrogens (primary N) is 1. The Bertz CT molecular complexity index is 487. The van der Waals surface area contributed by atoms with Crippen molar-refractivity contribution in [1.29, 1.82) is 0 Å². The van der Waals surface area contributed by atoms with Crippen LogP contribution in [0, 0.1) is 3.57 Å². The molecule has 0 fully saturated rings. The zero-order chi connectivity index (χ0) is 12.2. The van der Waals surface area contributed by atoms with E-state index in [1.54, 1.807) is 0 Å². The fourth-order valence-electron chi connectivity index (χ4n) is 1.02. The molecule has 0 spiro atoms. The van der Waals surface area contributed by atoms with Crippen molar-refractivity contribution in [2.45, 2.75) is 4.90 Å². The smallest absolute Gasteiger partial charge is 0.239 e. The minimum absolute atomic E-state index is 0.0514. The normalized spacial score (nSPS) is 11.4. The van der Waals surface area contributed by atoms with Crippen molar-refractivity contribution in [3.05, 3.63) is 21.8 Å². The minimum atomic E-state index is -3.91. The topological polar surface area (TPSA) is 107 Å². The number of aliphatic hydroxyl groups excluding tert-OH is 1. The van der Waals surface area contributed by atoms with Crippen molar-refractivity contribution in [2.24, 2.45) is 5.14 Å². The second-order valence-corrected chi connectivity index (χ2v) is 5.92. The van der Waals surface area contributed by atoms with Crippen LogP contribution in [-0.2, 0) is 13.1 Å². The number of ether oxygens (including phenoxy) is 1. The molecule has 16 heavy (non-hydrogen) atoms. The van der Waals surface area contributed by atoms with Gasteiger partial charge in [-0.1, -0.05) is 0 Å². The lowest BCUT2D eigenvalue weighted by molar-refractivity contribution is 0.201. The lowest BCUT2D eigenvalue weighted by Crippen LogP contribution is -2.14. The van der Waals surface area contributed by atoms with Gasteiger partial charge in [-0.15, -0.1) is 0 Å². The molecule has 0 aromatic heterocycles. The maximum atomic E-state index is 11.2. The molecule has 0 atom stereocenters. The van der Waals surface area contributed by atoms with Gasteiger partial charge in [0.05, 0.1) is 10.2 Å². The first-order valence-corrected chi connectivity index (χ1v) is 7.67. The zero-order valence-corrected chi connectivity index (χ0v) is 11.1. The summed E-state index contributed by atoms with van der Waals surface area (Å²) in [6.07, 6.45) is 0. The van der Waals surface area contributed by atoms with Crippen LogP contribution in [0.25, 0.3) is 0 Å². The van der Waals surface area contributed by atoms with Gasteiger partial charge in [0.2, 0.25) is 10.0 Å². The quantitative estimate of drug-likeness (QED) is 0.730. The molecule has 8 heteroatoms. The van der Waals surface area contributed by atoms with Crippen LogP contribution in [0.2, 0.25) is 0 Å². The molecule has 0 amide bonds. The van der Waals surface area contributed by atoms with Crippen LogP contribution in [0.1, 0.15) is 0 Å². The second kappa shape index (κ2) is 5.66. The molecule has 0 saturated carbocycles. The molecule has 0 bridgehead atoms. The van der Waals surface area contributed by atoms with Gasteiger partial charge in [0.15, 0.2) is 21.2 Å². The van der Waals surface area contributed by atoms with E-state index >= 15 is 0 Å². The third-order valence-electron chi connectivity index (χ3n) is 1.65. The third kappa shape index (κ3) is 3.47. The number of aliphatic hydroxyl groups is 1. The Labute approximate surface area is 103 Å². The Morgan fingerprint density at radius 2 is 2.12 bits per heavy atom. The molecule has 0 aliphatic heterocycles. The van der Waals surface area contributed by atoms with E-state index in [9.17, 15) is 11.5 Å². The van der Waals surface area contributed by atoms with Crippen molar-refractivity contribution >= 4 is 31.2 Å². The maximum Gasteiger partial charge on any atom is 0.239 e. The first kappa shape index (κ1) is 13.5. The number of rotatable bonds is 5. The van der Waals surface area contributed by atoms with Crippen molar-refractivity contribution < 1.29 is 21.3 Å². The summed E-state index contributed by atoms with van der Waals surface area (Å²) < 4.78 is 38.5. The molecule has 6 nitrogen and oxygen atoms in total. The predicted octanol–water partition coefficient (Wildman–Crippen LogP) is 0.191. The standard InChI is InChI=1S/C8H10INO5S/c10-16(13,14)8-5-6(15-4-3-11)1-2-7(8)9-12/h1-2,5,11H,3-4H2,(H2,10,13,14). The fraction of sp³-hybridized carbons (Fsp3) is 0.250. The monoisotopic (exact) mass is 359 g/mol. The Morgan fingerprint density at radius 3 is 2.62 bits per heavy atom. The van der Waals surface area contributed by atoms with Gasteiger partial charge in [-0.25, -0.2) is 13.6 Å². The van der Waals surface area contributed by atoms with Crippen molar-refractivity contribution in [1.82, 2.24) is 0 Å². The lowest BCUT2D eigenvalue weighted by Gasteiger charge is -2.07. The maximum absolute atomic E-state index is 11.2. The molecule has 0 unspecified atom stereocenters. The number of primary sulfonamides is 1. The van der Waals surface area contributed by atoms with E-state index in [0.29, 0.717) is 0 Å². The predicted molar refractivity (Wildman–Crippen MR) is 63.8 cm³/mol. The van der Waals surface area contributed by atoms with Crippen molar-refractivity contribution in [2.75, 3.05) is 13.2 Å². The molecule has 0 aliphatic rings. The van der Waals surface area contributed by atoms with Crippen LogP contribution in [-0.4, -0.2) is 26.7 Å². The number of benzene rings is 1. The number of sulfonamides is 1. The summed E-state index contributed by atoms with van der Waals surface area (Å²) >= 11 is -1.62. The molecule has 3 N–H and O–H groups in total. The molecular formula is C8H10INO5S. The van der Waals surface area contributed by atoms with Crippen LogP contribution < -0.4 is 9.88 Å². The lowest BCUT2D eigenvalue weighted by atomic mass is 10.3. The minimum Gasteiger partial charge on any atom is -0.491 e. The average Bonchev–Trinajstić information content (AvgIpc) is 2.24. The SMILES string of the molecule is NS(=O)(=O)c1cc(OCCO)ccc1I=O. The molecule has 1 aromatic rings. The van der Waals surface area contributed by atoms with Gasteiger partial charge in [-0.3, -0.25) is 3.07 Å². The Kier molecular flexibility index (Phi) is 4.77. The number of hydrogen-bond acceptors (Lipinski definition) is 5. The van der Waals surface area contributed by atoms with E-state index in [1.165, 1.54) is 18.2 Å². The van der Waals surface area contributed by atoms with Crippen LogP contribution in [0.5, 0.6) is 5.75 Å². The van der Waals surface area contributed by atoms with Gasteiger partial charge in [-0.2, -0.15) is 0 Å². The van der Waals surface area contributed by atoms with Crippen LogP contribution >= 0.6 is 21.2 Å². The molecule has 0 saturated heterocycles. The molecule has 1 aromatic carbocycles. The van der Waals surface area contributed by atoms with E-state index in [1.807, 2.05) is 0 Å². The van der Waals surface area contributed by atoms with E-state index < -0.39 is 31.2 Å². The van der Waals surface area contributed by atoms with Gasteiger partial charge >= 0.3 is 0 Å². The van der Waals surface area contributed by atoms with Crippen LogP contribution in [0.15, 0.2) is 23.1 Å². The highest BCUT2D eigenvalue weighted by atomic mass is 127. The number of halogens is 1. The summed E-state index contributed by atoms with van der Waals surface area (Å²) in [4.78, 5) is -0.189. The Hall–Kier alpha value is -0.580. The first-order valence-electron chi connectivity index (χ1n) is 4.16. The fourth-order valence-corrected chi connectivity index (χ4v) is 3.47. The van der Waals surface area contributed by atoms with Gasteiger partial charge in [-0.05, 0) is 12.1 Å². The van der Waals surface area contributed by atoms with Crippen LogP contribution in [0.4, 0.5) is 0 Å². The zero-order valence-electron chi connectivity index (χ0n) is 8.09. The number of hydrogen-bond donors (Lipinski definition) is 2. The summed E-state index contributed by atoms with van der Waals surface area (Å²) in [6, 6.07) is 4.09. The molecule has 0 aliphatic carbocycles. The van der Waals surface area contributed by atoms with Crippen molar-refractivity contribution in [3.63, 3.8) is 0 Å². The van der Waals surface area contributed by atoms with Crippen LogP contribution in [0.3, 0.4) is 0 Å². The van der Waals surface area contributed by atoms with Gasteiger partial charge in [0.1, 0.15) is 17.3 Å². The van der Waals surface area contributed by atoms with Crippen molar-refractivity contribution in [3.8, 4) is 5.75 Å². The molecular weight excluding hydrogens is 349 g/mol. The van der Waals surface area contributed by atoms with E-state index in [0.717, 1.165) is 0 Å². The second-order valence-electron chi connectivity index (χ2n) is 2.79. The molecule has 0 heterocycles. The third-order valence-corrected chi connectivity index (χ3v) is 4.38.